The van der Waals surface area contributed by atoms with Gasteiger partial charge in [0.25, 0.3) is 0 Å². The predicted octanol–water partition coefficient (Wildman–Crippen LogP) is 20.2. The Labute approximate surface area is 442 Å². The first kappa shape index (κ1) is 61.5. The first-order valence-electron chi connectivity index (χ1n) is 24.8. The van der Waals surface area contributed by atoms with Crippen molar-refractivity contribution in [1.29, 1.82) is 0 Å². The van der Waals surface area contributed by atoms with Crippen molar-refractivity contribution in [2.24, 2.45) is 0 Å². The minimum Gasteiger partial charge on any atom is -0.206 e. The molecule has 0 aliphatic carbocycles. The van der Waals surface area contributed by atoms with Crippen LogP contribution in [0.2, 0.25) is 0 Å². The smallest absolute Gasteiger partial charge is 0.194 e. The van der Waals surface area contributed by atoms with Crippen LogP contribution >= 0.6 is 0 Å². The van der Waals surface area contributed by atoms with E-state index in [1.807, 2.05) is 20.8 Å². The summed E-state index contributed by atoms with van der Waals surface area (Å²) in [6, 6.07) is 24.3. The second-order valence-corrected chi connectivity index (χ2v) is 17.9. The highest BCUT2D eigenvalue weighted by Gasteiger charge is 2.18. The van der Waals surface area contributed by atoms with E-state index >= 15 is 0 Å². The fourth-order valence-corrected chi connectivity index (χ4v) is 7.95. The van der Waals surface area contributed by atoms with Crippen molar-refractivity contribution in [2.75, 3.05) is 0 Å². The quantitative estimate of drug-likeness (QED) is 0.0578. The molecule has 78 heavy (non-hydrogen) atoms. The fourth-order valence-electron chi connectivity index (χ4n) is 7.95. The third kappa shape index (κ3) is 16.3. The van der Waals surface area contributed by atoms with Crippen LogP contribution in [0, 0.1) is 93.1 Å². The van der Waals surface area contributed by atoms with E-state index in [0.717, 1.165) is 129 Å². The van der Waals surface area contributed by atoms with Crippen molar-refractivity contribution in [1.82, 2.24) is 0 Å². The zero-order chi connectivity index (χ0) is 57.4. The number of benzene rings is 8. The molecule has 0 radical (unpaired) electrons. The maximum Gasteiger partial charge on any atom is 0.194 e. The van der Waals surface area contributed by atoms with Gasteiger partial charge < -0.3 is 0 Å². The van der Waals surface area contributed by atoms with Crippen molar-refractivity contribution >= 4 is 0 Å². The summed E-state index contributed by atoms with van der Waals surface area (Å²) in [4.78, 5) is 0. The first-order chi connectivity index (χ1) is 37.1. The predicted molar refractivity (Wildman–Crippen MR) is 272 cm³/mol. The average molecular weight is 1100 g/mol. The molecule has 0 amide bonds. The van der Waals surface area contributed by atoms with Gasteiger partial charge in [-0.1, -0.05) is 102 Å². The van der Waals surface area contributed by atoms with Gasteiger partial charge in [0.15, 0.2) is 69.8 Å². The van der Waals surface area contributed by atoms with Crippen LogP contribution in [-0.2, 0) is 25.7 Å². The number of unbranched alkanes of at least 4 members (excludes halogenated alkanes) is 3. The molecule has 8 rings (SSSR count). The largest absolute Gasteiger partial charge is 0.206 e. The molecule has 0 unspecified atom stereocenters. The van der Waals surface area contributed by atoms with Crippen LogP contribution in [0.25, 0.3) is 44.5 Å². The number of rotatable bonds is 14. The molecule has 0 saturated carbocycles. The topological polar surface area (TPSA) is 0 Å². The van der Waals surface area contributed by atoms with Gasteiger partial charge in [0, 0.05) is 22.3 Å². The van der Waals surface area contributed by atoms with Gasteiger partial charge in [-0.2, -0.15) is 0 Å². The van der Waals surface area contributed by atoms with Crippen LogP contribution in [0.4, 0.5) is 70.2 Å². The summed E-state index contributed by atoms with van der Waals surface area (Å²) in [5.41, 5.74) is 3.42. The molecule has 16 heteroatoms. The molecular weight excluding hydrogens is 1050 g/mol. The maximum atomic E-state index is 14.1. The third-order valence-corrected chi connectivity index (χ3v) is 12.1. The highest BCUT2D eigenvalue weighted by Crippen LogP contribution is 2.31. The SMILES string of the molecule is CCCCCc1ccc(-c2cc(F)c(F)c(F)c2)c(F)c1.CCCCc1ccc(-c2cc(F)c(F)c(F)c2)c(F)c1.CCCc1ccc(-c2cc(F)c(F)c(F)c2)c(F)c1.CCc1ccc(-c2cc(F)c(F)c(F)c2)c(F)c1. The fraction of sp³-hybridized carbons (Fsp3) is 0.226. The van der Waals surface area contributed by atoms with Crippen LogP contribution in [-0.4, -0.2) is 0 Å². The Balaban J connectivity index is 0.000000192. The van der Waals surface area contributed by atoms with Crippen molar-refractivity contribution in [3.05, 3.63) is 237 Å². The second kappa shape index (κ2) is 28.9. The standard InChI is InChI=1S/C17H16F4.C16H14F4.C15H12F4.C14H10F4/c1-2-3-4-5-11-6-7-13(14(18)8-11)12-9-15(19)17(21)16(20)10-12;1-2-3-4-10-5-6-12(13(17)7-10)11-8-14(18)16(20)15(19)9-11;1-2-3-9-4-5-11(12(16)6-9)10-7-13(17)15(19)14(18)8-10;1-2-8-3-4-10(11(15)5-8)9-6-12(16)14(18)13(17)7-9/h6-10H,2-5H2,1H3;5-9H,2-4H2,1H3;4-8H,2-3H2,1H3;3-7H,2H2,1H3. The average Bonchev–Trinajstić information content (AvgIpc) is 3.40. The Morgan fingerprint density at radius 1 is 0.231 bits per heavy atom. The van der Waals surface area contributed by atoms with E-state index in [1.54, 1.807) is 24.3 Å². The van der Waals surface area contributed by atoms with Crippen molar-refractivity contribution in [3.8, 4) is 44.5 Å². The molecule has 0 fully saturated rings. The Morgan fingerprint density at radius 2 is 0.474 bits per heavy atom. The van der Waals surface area contributed by atoms with Crippen LogP contribution in [0.1, 0.15) is 88.5 Å². The molecule has 0 spiro atoms. The number of hydrogen-bond donors (Lipinski definition) is 0. The number of hydrogen-bond acceptors (Lipinski definition) is 0. The summed E-state index contributed by atoms with van der Waals surface area (Å²) in [6.45, 7) is 7.96. The Morgan fingerprint density at radius 3 is 0.718 bits per heavy atom. The van der Waals surface area contributed by atoms with E-state index in [9.17, 15) is 70.2 Å². The van der Waals surface area contributed by atoms with Crippen LogP contribution < -0.4 is 0 Å². The van der Waals surface area contributed by atoms with E-state index in [4.69, 9.17) is 0 Å². The maximum absolute atomic E-state index is 14.1. The molecule has 0 aromatic heterocycles. The molecule has 0 nitrogen and oxygen atoms in total. The zero-order valence-electron chi connectivity index (χ0n) is 42.7. The molecule has 0 bridgehead atoms. The van der Waals surface area contributed by atoms with Crippen molar-refractivity contribution < 1.29 is 70.2 Å². The van der Waals surface area contributed by atoms with Gasteiger partial charge in [-0.3, -0.25) is 0 Å². The van der Waals surface area contributed by atoms with Gasteiger partial charge in [0.05, 0.1) is 0 Å². The minimum absolute atomic E-state index is 0.0102. The molecule has 0 saturated heterocycles. The molecular formula is C62H52F16. The van der Waals surface area contributed by atoms with Gasteiger partial charge in [-0.25, -0.2) is 70.2 Å². The highest BCUT2D eigenvalue weighted by molar-refractivity contribution is 5.67. The molecule has 0 atom stereocenters. The first-order valence-corrected chi connectivity index (χ1v) is 24.8. The summed E-state index contributed by atoms with van der Waals surface area (Å²) < 4.78 is 212. The van der Waals surface area contributed by atoms with Gasteiger partial charge in [0.1, 0.15) is 23.3 Å². The molecule has 0 N–H and O–H groups in total. The molecule has 0 heterocycles. The van der Waals surface area contributed by atoms with Gasteiger partial charge in [-0.15, -0.1) is 0 Å². The lowest BCUT2D eigenvalue weighted by atomic mass is 10.0. The Bertz CT molecular complexity index is 3240. The van der Waals surface area contributed by atoms with E-state index in [0.29, 0.717) is 6.42 Å². The Hall–Kier alpha value is -7.36. The lowest BCUT2D eigenvalue weighted by molar-refractivity contribution is 0.447. The normalized spacial score (nSPS) is 10.8. The zero-order valence-corrected chi connectivity index (χ0v) is 42.7. The Kier molecular flexibility index (Phi) is 22.7. The van der Waals surface area contributed by atoms with Crippen molar-refractivity contribution in [2.45, 2.75) is 91.9 Å². The molecule has 0 aliphatic rings. The van der Waals surface area contributed by atoms with Crippen LogP contribution in [0.3, 0.4) is 0 Å². The summed E-state index contributed by atoms with van der Waals surface area (Å²) in [6.07, 6.45) is 8.82. The van der Waals surface area contributed by atoms with E-state index in [2.05, 4.69) is 6.92 Å². The third-order valence-electron chi connectivity index (χ3n) is 12.1. The van der Waals surface area contributed by atoms with Crippen LogP contribution in [0.5, 0.6) is 0 Å². The summed E-state index contributed by atoms with van der Waals surface area (Å²) in [7, 11) is 0. The van der Waals surface area contributed by atoms with E-state index in [-0.39, 0.29) is 44.5 Å². The monoisotopic (exact) mass is 1100 g/mol. The van der Waals surface area contributed by atoms with Crippen molar-refractivity contribution in [3.63, 3.8) is 0 Å². The minimum atomic E-state index is -1.55. The number of aryl methyl sites for hydroxylation is 4. The van der Waals surface area contributed by atoms with Gasteiger partial charge in [-0.05, 0) is 156 Å². The summed E-state index contributed by atoms with van der Waals surface area (Å²) in [5, 5.41) is 0. The lowest BCUT2D eigenvalue weighted by Crippen LogP contribution is -1.95. The van der Waals surface area contributed by atoms with Crippen LogP contribution in [0.15, 0.2) is 121 Å². The van der Waals surface area contributed by atoms with Gasteiger partial charge in [0.2, 0.25) is 0 Å². The highest BCUT2D eigenvalue weighted by atomic mass is 19.2. The van der Waals surface area contributed by atoms with Gasteiger partial charge >= 0.3 is 0 Å². The van der Waals surface area contributed by atoms with E-state index in [1.165, 1.54) is 48.5 Å². The summed E-state index contributed by atoms with van der Waals surface area (Å²) >= 11 is 0. The molecule has 0 aliphatic heterocycles. The number of halogens is 16. The van der Waals surface area contributed by atoms with E-state index < -0.39 is 93.1 Å². The molecule has 8 aromatic carbocycles. The lowest BCUT2D eigenvalue weighted by Gasteiger charge is -2.08. The second-order valence-electron chi connectivity index (χ2n) is 17.9. The molecule has 8 aromatic rings. The summed E-state index contributed by atoms with van der Waals surface area (Å²) in [5.74, 6) is -19.1. The molecule has 412 valence electrons.